The molecule has 0 atom stereocenters. The van der Waals surface area contributed by atoms with Crippen molar-refractivity contribution in [3.05, 3.63) is 169 Å². The number of anilines is 6. The third-order valence-electron chi connectivity index (χ3n) is 8.91. The van der Waals surface area contributed by atoms with Crippen molar-refractivity contribution in [3.63, 3.8) is 0 Å². The number of fused-ring (bicyclic) bond motifs is 6. The van der Waals surface area contributed by atoms with E-state index in [0.717, 1.165) is 56.1 Å². The largest absolute Gasteiger partial charge is 0.456 e. The molecule has 0 bridgehead atoms. The van der Waals surface area contributed by atoms with Gasteiger partial charge in [0.1, 0.15) is 11.2 Å². The van der Waals surface area contributed by atoms with Gasteiger partial charge in [0, 0.05) is 65.1 Å². The first-order chi connectivity index (χ1) is 23.2. The average molecular weight is 623 g/mol. The normalized spacial score (nSPS) is 11.5. The van der Waals surface area contributed by atoms with Crippen molar-refractivity contribution < 1.29 is 4.42 Å². The van der Waals surface area contributed by atoms with Gasteiger partial charge < -0.3 is 14.2 Å². The van der Waals surface area contributed by atoms with Gasteiger partial charge in [0.25, 0.3) is 0 Å². The van der Waals surface area contributed by atoms with Crippen molar-refractivity contribution in [1.29, 1.82) is 0 Å². The molecular weight excluding hydrogens is 593 g/mol. The second-order valence-electron chi connectivity index (χ2n) is 11.9. The van der Waals surface area contributed by atoms with E-state index in [4.69, 9.17) is 4.42 Å². The highest BCUT2D eigenvalue weighted by atomic mass is 32.1. The summed E-state index contributed by atoms with van der Waals surface area (Å²) in [4.78, 5) is 4.69. The van der Waals surface area contributed by atoms with Gasteiger partial charge in [-0.3, -0.25) is 0 Å². The van der Waals surface area contributed by atoms with E-state index in [-0.39, 0.29) is 0 Å². The Hall–Kier alpha value is -5.84. The van der Waals surface area contributed by atoms with Crippen LogP contribution in [0.5, 0.6) is 0 Å². The minimum absolute atomic E-state index is 0.898. The smallest absolute Gasteiger partial charge is 0.135 e. The first-order valence-electron chi connectivity index (χ1n) is 15.8. The summed E-state index contributed by atoms with van der Waals surface area (Å²) >= 11 is 1.86. The van der Waals surface area contributed by atoms with E-state index in [9.17, 15) is 0 Å². The standard InChI is InChI=1S/C43H30N2OS/c1-29-25-35(45(32-17-9-4-10-18-32)33-21-23-40-37(26-33)36-19-11-12-20-39(36)46-40)28-42-43(29)38-27-34(22-24-41(38)47-42)44(30-13-5-2-6-14-30)31-15-7-3-8-16-31/h2-28H,1H3. The van der Waals surface area contributed by atoms with Crippen molar-refractivity contribution in [3.8, 4) is 0 Å². The number of para-hydroxylation sites is 4. The zero-order chi connectivity index (χ0) is 31.3. The molecule has 3 nitrogen and oxygen atoms in total. The number of thiophene rings is 1. The number of hydrogen-bond donors (Lipinski definition) is 0. The highest BCUT2D eigenvalue weighted by Crippen LogP contribution is 2.45. The lowest BCUT2D eigenvalue weighted by Gasteiger charge is -2.26. The maximum Gasteiger partial charge on any atom is 0.135 e. The molecular formula is C43H30N2OS. The summed E-state index contributed by atoms with van der Waals surface area (Å²) in [5, 5.41) is 4.83. The van der Waals surface area contributed by atoms with Crippen LogP contribution in [0.1, 0.15) is 5.56 Å². The molecule has 224 valence electrons. The number of aryl methyl sites for hydroxylation is 1. The van der Waals surface area contributed by atoms with Gasteiger partial charge in [-0.25, -0.2) is 0 Å². The zero-order valence-electron chi connectivity index (χ0n) is 25.8. The molecule has 0 aliphatic carbocycles. The van der Waals surface area contributed by atoms with E-state index in [0.29, 0.717) is 0 Å². The summed E-state index contributed by atoms with van der Waals surface area (Å²) in [7, 11) is 0. The summed E-state index contributed by atoms with van der Waals surface area (Å²) in [6, 6.07) is 58.2. The van der Waals surface area contributed by atoms with Crippen molar-refractivity contribution in [1.82, 2.24) is 0 Å². The Labute approximate surface area is 277 Å². The summed E-state index contributed by atoms with van der Waals surface area (Å²) < 4.78 is 8.72. The molecule has 0 unspecified atom stereocenters. The summed E-state index contributed by atoms with van der Waals surface area (Å²) in [6.07, 6.45) is 0. The molecule has 4 heteroatoms. The van der Waals surface area contributed by atoms with Gasteiger partial charge in [-0.2, -0.15) is 0 Å². The Morgan fingerprint density at radius 1 is 0.404 bits per heavy atom. The van der Waals surface area contributed by atoms with Crippen molar-refractivity contribution in [2.45, 2.75) is 6.92 Å². The Bertz CT molecular complexity index is 2500. The second-order valence-corrected chi connectivity index (χ2v) is 13.0. The van der Waals surface area contributed by atoms with Crippen LogP contribution in [0.4, 0.5) is 34.1 Å². The molecule has 2 heterocycles. The Morgan fingerprint density at radius 3 is 1.60 bits per heavy atom. The predicted octanol–water partition coefficient (Wildman–Crippen LogP) is 13.2. The van der Waals surface area contributed by atoms with Crippen LogP contribution in [-0.4, -0.2) is 0 Å². The number of benzene rings is 7. The predicted molar refractivity (Wildman–Crippen MR) is 201 cm³/mol. The van der Waals surface area contributed by atoms with E-state index in [1.54, 1.807) is 0 Å². The fourth-order valence-electron chi connectivity index (χ4n) is 6.83. The van der Waals surface area contributed by atoms with Crippen molar-refractivity contribution in [2.24, 2.45) is 0 Å². The molecule has 7 aromatic carbocycles. The van der Waals surface area contributed by atoms with Gasteiger partial charge in [-0.05, 0) is 103 Å². The third-order valence-corrected chi connectivity index (χ3v) is 10.0. The van der Waals surface area contributed by atoms with Gasteiger partial charge in [0.05, 0.1) is 0 Å². The molecule has 0 N–H and O–H groups in total. The van der Waals surface area contributed by atoms with Crippen molar-refractivity contribution >= 4 is 87.6 Å². The molecule has 0 saturated carbocycles. The maximum absolute atomic E-state index is 6.17. The van der Waals surface area contributed by atoms with Crippen LogP contribution < -0.4 is 9.80 Å². The topological polar surface area (TPSA) is 19.6 Å². The fraction of sp³-hybridized carbons (Fsp3) is 0.0233. The van der Waals surface area contributed by atoms with E-state index in [1.807, 2.05) is 23.5 Å². The molecule has 0 amide bonds. The molecule has 0 radical (unpaired) electrons. The molecule has 0 spiro atoms. The van der Waals surface area contributed by atoms with Crippen LogP contribution in [0.3, 0.4) is 0 Å². The molecule has 0 aliphatic rings. The van der Waals surface area contributed by atoms with Crippen molar-refractivity contribution in [2.75, 3.05) is 9.80 Å². The van der Waals surface area contributed by atoms with Crippen LogP contribution in [0.15, 0.2) is 168 Å². The monoisotopic (exact) mass is 622 g/mol. The van der Waals surface area contributed by atoms with Gasteiger partial charge in [-0.15, -0.1) is 11.3 Å². The zero-order valence-corrected chi connectivity index (χ0v) is 26.6. The molecule has 47 heavy (non-hydrogen) atoms. The van der Waals surface area contributed by atoms with Crippen LogP contribution in [-0.2, 0) is 0 Å². The summed E-state index contributed by atoms with van der Waals surface area (Å²) in [5.74, 6) is 0. The van der Waals surface area contributed by atoms with Gasteiger partial charge in [-0.1, -0.05) is 72.8 Å². The van der Waals surface area contributed by atoms with E-state index in [1.165, 1.54) is 25.7 Å². The van der Waals surface area contributed by atoms with Gasteiger partial charge in [0.15, 0.2) is 0 Å². The van der Waals surface area contributed by atoms with Crippen LogP contribution in [0, 0.1) is 6.92 Å². The number of nitrogens with zero attached hydrogens (tertiary/aromatic N) is 2. The SMILES string of the molecule is Cc1cc(N(c2ccccc2)c2ccc3oc4ccccc4c3c2)cc2sc3ccc(N(c4ccccc4)c4ccccc4)cc3c12. The third kappa shape index (κ3) is 4.73. The first-order valence-corrected chi connectivity index (χ1v) is 16.7. The first kappa shape index (κ1) is 27.5. The minimum atomic E-state index is 0.898. The average Bonchev–Trinajstić information content (AvgIpc) is 3.68. The lowest BCUT2D eigenvalue weighted by molar-refractivity contribution is 0.669. The van der Waals surface area contributed by atoms with Gasteiger partial charge >= 0.3 is 0 Å². The highest BCUT2D eigenvalue weighted by molar-refractivity contribution is 7.25. The van der Waals surface area contributed by atoms with E-state index < -0.39 is 0 Å². The Balaban J connectivity index is 1.21. The maximum atomic E-state index is 6.17. The van der Waals surface area contributed by atoms with E-state index >= 15 is 0 Å². The summed E-state index contributed by atoms with van der Waals surface area (Å²) in [6.45, 7) is 2.24. The second kappa shape index (κ2) is 11.2. The molecule has 0 fully saturated rings. The Morgan fingerprint density at radius 2 is 0.936 bits per heavy atom. The minimum Gasteiger partial charge on any atom is -0.456 e. The van der Waals surface area contributed by atoms with Crippen LogP contribution in [0.25, 0.3) is 42.1 Å². The molecule has 0 aliphatic heterocycles. The lowest BCUT2D eigenvalue weighted by atomic mass is 10.0. The number of furan rings is 1. The summed E-state index contributed by atoms with van der Waals surface area (Å²) in [5.41, 5.74) is 9.82. The molecule has 9 aromatic rings. The molecule has 0 saturated heterocycles. The van der Waals surface area contributed by atoms with Gasteiger partial charge in [0.2, 0.25) is 0 Å². The van der Waals surface area contributed by atoms with E-state index in [2.05, 4.69) is 168 Å². The molecule has 2 aromatic heterocycles. The molecule has 9 rings (SSSR count). The van der Waals surface area contributed by atoms with Crippen LogP contribution in [0.2, 0.25) is 0 Å². The highest BCUT2D eigenvalue weighted by Gasteiger charge is 2.19. The fourth-order valence-corrected chi connectivity index (χ4v) is 8.03. The quantitative estimate of drug-likeness (QED) is 0.184. The van der Waals surface area contributed by atoms with Crippen LogP contribution >= 0.6 is 11.3 Å². The lowest BCUT2D eigenvalue weighted by Crippen LogP contribution is -2.10. The Kier molecular flexibility index (Phi) is 6.54. The number of hydrogen-bond acceptors (Lipinski definition) is 4. The number of rotatable bonds is 6.